The second kappa shape index (κ2) is 5.22. The minimum absolute atomic E-state index is 0.618. The van der Waals surface area contributed by atoms with E-state index >= 15 is 0 Å². The lowest BCUT2D eigenvalue weighted by Gasteiger charge is -2.18. The molecule has 0 radical (unpaired) electrons. The predicted octanol–water partition coefficient (Wildman–Crippen LogP) is 2.29. The van der Waals surface area contributed by atoms with Gasteiger partial charge in [0.2, 0.25) is 0 Å². The lowest BCUT2D eigenvalue weighted by molar-refractivity contribution is 0.171. The highest BCUT2D eigenvalue weighted by molar-refractivity contribution is 5.45. The van der Waals surface area contributed by atoms with E-state index in [1.807, 2.05) is 35.3 Å². The first kappa shape index (κ1) is 11.9. The lowest BCUT2D eigenvalue weighted by Crippen LogP contribution is -2.15. The van der Waals surface area contributed by atoms with Gasteiger partial charge >= 0.3 is 0 Å². The number of aromatic nitrogens is 2. The minimum Gasteiger partial charge on any atom is -0.486 e. The molecule has 0 spiro atoms. The Kier molecular flexibility index (Phi) is 3.27. The second-order valence-electron chi connectivity index (χ2n) is 4.42. The van der Waals surface area contributed by atoms with Gasteiger partial charge in [0.1, 0.15) is 13.2 Å². The fourth-order valence-corrected chi connectivity index (χ4v) is 2.03. The molecule has 2 heterocycles. The van der Waals surface area contributed by atoms with E-state index in [0.717, 1.165) is 35.8 Å². The summed E-state index contributed by atoms with van der Waals surface area (Å²) >= 11 is 0. The topological polar surface area (TPSA) is 48.3 Å². The lowest BCUT2D eigenvalue weighted by atomic mass is 10.2. The van der Waals surface area contributed by atoms with Crippen molar-refractivity contribution in [2.45, 2.75) is 20.0 Å². The van der Waals surface area contributed by atoms with E-state index in [9.17, 15) is 0 Å². The highest BCUT2D eigenvalue weighted by Crippen LogP contribution is 2.30. The highest BCUT2D eigenvalue weighted by Gasteiger charge is 2.11. The van der Waals surface area contributed by atoms with Gasteiger partial charge in [0.25, 0.3) is 0 Å². The van der Waals surface area contributed by atoms with E-state index < -0.39 is 0 Å². The molecule has 1 aromatic carbocycles. The summed E-state index contributed by atoms with van der Waals surface area (Å²) in [7, 11) is 0. The molecule has 0 fully saturated rings. The Balaban J connectivity index is 1.66. The number of hydrogen-bond acceptors (Lipinski definition) is 4. The van der Waals surface area contributed by atoms with E-state index in [2.05, 4.69) is 17.3 Å². The Morgan fingerprint density at radius 1 is 1.26 bits per heavy atom. The van der Waals surface area contributed by atoms with Crippen molar-refractivity contribution in [1.29, 1.82) is 0 Å². The van der Waals surface area contributed by atoms with Crippen LogP contribution in [0.3, 0.4) is 0 Å². The molecule has 0 saturated heterocycles. The van der Waals surface area contributed by atoms with Crippen LogP contribution in [-0.4, -0.2) is 23.0 Å². The molecule has 0 atom stereocenters. The smallest absolute Gasteiger partial charge is 0.161 e. The van der Waals surface area contributed by atoms with Crippen molar-refractivity contribution in [2.24, 2.45) is 0 Å². The van der Waals surface area contributed by atoms with Crippen LogP contribution in [0.15, 0.2) is 30.6 Å². The molecule has 3 rings (SSSR count). The fourth-order valence-electron chi connectivity index (χ4n) is 2.03. The van der Waals surface area contributed by atoms with Crippen LogP contribution >= 0.6 is 0 Å². The molecule has 2 aromatic rings. The molecule has 1 aliphatic heterocycles. The van der Waals surface area contributed by atoms with Gasteiger partial charge < -0.3 is 14.8 Å². The Hall–Kier alpha value is -2.17. The molecule has 1 aromatic heterocycles. The number of nitrogens with zero attached hydrogens (tertiary/aromatic N) is 2. The number of anilines is 1. The van der Waals surface area contributed by atoms with Crippen LogP contribution in [0.5, 0.6) is 11.5 Å². The normalized spacial score (nSPS) is 13.3. The van der Waals surface area contributed by atoms with Crippen molar-refractivity contribution in [3.8, 4) is 11.5 Å². The maximum Gasteiger partial charge on any atom is 0.161 e. The standard InChI is InChI=1S/C14H17N3O2/c1-2-17-10-12(9-16-17)15-8-11-3-4-13-14(7-11)19-6-5-18-13/h3-4,7,9-10,15H,2,5-6,8H2,1H3. The summed E-state index contributed by atoms with van der Waals surface area (Å²) in [5.74, 6) is 1.66. The van der Waals surface area contributed by atoms with Gasteiger partial charge in [-0.1, -0.05) is 6.07 Å². The molecule has 0 amide bonds. The van der Waals surface area contributed by atoms with Crippen molar-refractivity contribution in [1.82, 2.24) is 9.78 Å². The van der Waals surface area contributed by atoms with Crippen molar-refractivity contribution in [3.63, 3.8) is 0 Å². The van der Waals surface area contributed by atoms with Crippen molar-refractivity contribution >= 4 is 5.69 Å². The monoisotopic (exact) mass is 259 g/mol. The summed E-state index contributed by atoms with van der Waals surface area (Å²) in [5, 5.41) is 7.57. The summed E-state index contributed by atoms with van der Waals surface area (Å²) in [4.78, 5) is 0. The van der Waals surface area contributed by atoms with E-state index in [0.29, 0.717) is 13.2 Å². The van der Waals surface area contributed by atoms with Gasteiger partial charge in [0.15, 0.2) is 11.5 Å². The van der Waals surface area contributed by atoms with Crippen LogP contribution in [0.25, 0.3) is 0 Å². The van der Waals surface area contributed by atoms with Gasteiger partial charge in [-0.15, -0.1) is 0 Å². The van der Waals surface area contributed by atoms with Crippen LogP contribution in [-0.2, 0) is 13.1 Å². The number of rotatable bonds is 4. The third-order valence-corrected chi connectivity index (χ3v) is 3.06. The summed E-state index contributed by atoms with van der Waals surface area (Å²) in [6.45, 7) is 4.93. The summed E-state index contributed by atoms with van der Waals surface area (Å²) in [6, 6.07) is 6.03. The van der Waals surface area contributed by atoms with Gasteiger partial charge in [-0.25, -0.2) is 0 Å². The van der Waals surface area contributed by atoms with Gasteiger partial charge in [-0.05, 0) is 24.6 Å². The zero-order valence-electron chi connectivity index (χ0n) is 10.9. The van der Waals surface area contributed by atoms with Crippen molar-refractivity contribution in [3.05, 3.63) is 36.2 Å². The molecule has 19 heavy (non-hydrogen) atoms. The van der Waals surface area contributed by atoms with Crippen LogP contribution in [0, 0.1) is 0 Å². The molecular formula is C14H17N3O2. The number of aryl methyl sites for hydroxylation is 1. The number of benzene rings is 1. The van der Waals surface area contributed by atoms with Crippen LogP contribution < -0.4 is 14.8 Å². The quantitative estimate of drug-likeness (QED) is 0.915. The molecule has 0 saturated carbocycles. The van der Waals surface area contributed by atoms with Crippen molar-refractivity contribution < 1.29 is 9.47 Å². The summed E-state index contributed by atoms with van der Waals surface area (Å²) in [5.41, 5.74) is 2.19. The largest absolute Gasteiger partial charge is 0.486 e. The Bertz CT molecular complexity index is 566. The summed E-state index contributed by atoms with van der Waals surface area (Å²) in [6.07, 6.45) is 3.83. The zero-order chi connectivity index (χ0) is 13.1. The number of fused-ring (bicyclic) bond motifs is 1. The SMILES string of the molecule is CCn1cc(NCc2ccc3c(c2)OCCO3)cn1. The van der Waals surface area contributed by atoms with Gasteiger partial charge in [0, 0.05) is 19.3 Å². The van der Waals surface area contributed by atoms with Crippen LogP contribution in [0.1, 0.15) is 12.5 Å². The van der Waals surface area contributed by atoms with Gasteiger partial charge in [-0.2, -0.15) is 5.10 Å². The van der Waals surface area contributed by atoms with E-state index in [-0.39, 0.29) is 0 Å². The maximum absolute atomic E-state index is 5.57. The maximum atomic E-state index is 5.57. The van der Waals surface area contributed by atoms with E-state index in [1.165, 1.54) is 0 Å². The third-order valence-electron chi connectivity index (χ3n) is 3.06. The first-order chi connectivity index (χ1) is 9.35. The molecule has 100 valence electrons. The Morgan fingerprint density at radius 2 is 2.11 bits per heavy atom. The highest BCUT2D eigenvalue weighted by atomic mass is 16.6. The fraction of sp³-hybridized carbons (Fsp3) is 0.357. The van der Waals surface area contributed by atoms with Gasteiger partial charge in [0.05, 0.1) is 11.9 Å². The van der Waals surface area contributed by atoms with E-state index in [1.54, 1.807) is 0 Å². The van der Waals surface area contributed by atoms with Crippen LogP contribution in [0.2, 0.25) is 0 Å². The van der Waals surface area contributed by atoms with Gasteiger partial charge in [-0.3, -0.25) is 4.68 Å². The predicted molar refractivity (Wildman–Crippen MR) is 72.7 cm³/mol. The zero-order valence-corrected chi connectivity index (χ0v) is 10.9. The minimum atomic E-state index is 0.618. The summed E-state index contributed by atoms with van der Waals surface area (Å²) < 4.78 is 13.0. The van der Waals surface area contributed by atoms with E-state index in [4.69, 9.17) is 9.47 Å². The molecule has 5 heteroatoms. The molecule has 1 aliphatic rings. The average Bonchev–Trinajstić information content (AvgIpc) is 2.93. The number of hydrogen-bond donors (Lipinski definition) is 1. The first-order valence-corrected chi connectivity index (χ1v) is 6.50. The Morgan fingerprint density at radius 3 is 2.89 bits per heavy atom. The number of nitrogens with one attached hydrogen (secondary N) is 1. The Labute approximate surface area is 112 Å². The molecular weight excluding hydrogens is 242 g/mol. The molecule has 5 nitrogen and oxygen atoms in total. The number of ether oxygens (including phenoxy) is 2. The average molecular weight is 259 g/mol. The molecule has 1 N–H and O–H groups in total. The second-order valence-corrected chi connectivity index (χ2v) is 4.42. The molecule has 0 unspecified atom stereocenters. The molecule has 0 aliphatic carbocycles. The van der Waals surface area contributed by atoms with Crippen molar-refractivity contribution in [2.75, 3.05) is 18.5 Å². The van der Waals surface area contributed by atoms with Crippen LogP contribution in [0.4, 0.5) is 5.69 Å². The molecule has 0 bridgehead atoms. The third kappa shape index (κ3) is 2.65. The first-order valence-electron chi connectivity index (χ1n) is 6.50.